The lowest BCUT2D eigenvalue weighted by Crippen LogP contribution is -2.43. The van der Waals surface area contributed by atoms with Crippen molar-refractivity contribution in [1.82, 2.24) is 18.7 Å². The molecular formula is C33H30Cl2N4O6. The normalized spacial score (nSPS) is 12.2. The van der Waals surface area contributed by atoms with Crippen LogP contribution >= 0.6 is 23.2 Å². The Morgan fingerprint density at radius 2 is 1.58 bits per heavy atom. The third kappa shape index (κ3) is 6.03. The maximum atomic E-state index is 14.3. The first-order chi connectivity index (χ1) is 21.3. The molecule has 0 aliphatic heterocycles. The van der Waals surface area contributed by atoms with Crippen molar-refractivity contribution in [3.8, 4) is 17.1 Å². The van der Waals surface area contributed by atoms with Gasteiger partial charge in [0.15, 0.2) is 17.9 Å². The molecule has 5 rings (SSSR count). The van der Waals surface area contributed by atoms with E-state index in [1.54, 1.807) is 105 Å². The molecule has 2 heterocycles. The lowest BCUT2D eigenvalue weighted by molar-refractivity contribution is -0.157. The maximum Gasteiger partial charge on any atom is 0.337 e. The molecule has 1 atom stereocenters. The van der Waals surface area contributed by atoms with Crippen LogP contribution in [0.1, 0.15) is 49.7 Å². The molecule has 0 saturated heterocycles. The summed E-state index contributed by atoms with van der Waals surface area (Å²) < 4.78 is 14.1. The van der Waals surface area contributed by atoms with Gasteiger partial charge in [0.05, 0.1) is 29.2 Å². The van der Waals surface area contributed by atoms with Gasteiger partial charge in [-0.05, 0) is 81.8 Å². The smallest absolute Gasteiger partial charge is 0.337 e. The second-order valence-corrected chi connectivity index (χ2v) is 12.2. The minimum atomic E-state index is -0.871. The quantitative estimate of drug-likeness (QED) is 0.191. The highest BCUT2D eigenvalue weighted by atomic mass is 35.5. The van der Waals surface area contributed by atoms with Crippen LogP contribution < -0.4 is 11.2 Å². The summed E-state index contributed by atoms with van der Waals surface area (Å²) in [6.45, 7) is 6.16. The number of ether oxygens (including phenoxy) is 2. The van der Waals surface area contributed by atoms with Crippen LogP contribution in [0.2, 0.25) is 10.0 Å². The molecule has 12 heteroatoms. The standard InChI is InChI=1S/C33H30Cl2N4O6/c1-19(20-10-12-21(13-11-20)30(41)44-5)38-28-26(29(40)37(32(38)43)18-45-31(42)33(2,3)4)39(23-16-14-22(34)15-17-23)27(36-28)24-8-6-7-9-25(24)35/h6-17,19H,18H2,1-5H3. The number of carbonyl (C=O) groups excluding carboxylic acids is 2. The first-order valence-electron chi connectivity index (χ1n) is 14.0. The van der Waals surface area contributed by atoms with Crippen molar-refractivity contribution in [1.29, 1.82) is 0 Å². The molecule has 0 bridgehead atoms. The fraction of sp³-hybridized carbons (Fsp3) is 0.242. The van der Waals surface area contributed by atoms with Gasteiger partial charge >= 0.3 is 17.6 Å². The zero-order chi connectivity index (χ0) is 32.6. The van der Waals surface area contributed by atoms with Crippen LogP contribution in [0.25, 0.3) is 28.2 Å². The van der Waals surface area contributed by atoms with E-state index >= 15 is 0 Å². The summed E-state index contributed by atoms with van der Waals surface area (Å²) in [4.78, 5) is 58.0. The fourth-order valence-electron chi connectivity index (χ4n) is 4.84. The second-order valence-electron chi connectivity index (χ2n) is 11.4. The van der Waals surface area contributed by atoms with Gasteiger partial charge in [0.2, 0.25) is 0 Å². The number of aromatic nitrogens is 4. The molecule has 1 unspecified atom stereocenters. The van der Waals surface area contributed by atoms with Gasteiger partial charge < -0.3 is 9.47 Å². The Hall–Kier alpha value is -4.67. The third-order valence-electron chi connectivity index (χ3n) is 7.31. The van der Waals surface area contributed by atoms with Crippen molar-refractivity contribution in [3.63, 3.8) is 0 Å². The molecule has 3 aromatic carbocycles. The Balaban J connectivity index is 1.85. The van der Waals surface area contributed by atoms with Crippen LogP contribution in [0.3, 0.4) is 0 Å². The Kier molecular flexibility index (Phi) is 8.73. The van der Waals surface area contributed by atoms with Gasteiger partial charge in [-0.15, -0.1) is 0 Å². The predicted octanol–water partition coefficient (Wildman–Crippen LogP) is 6.27. The summed E-state index contributed by atoms with van der Waals surface area (Å²) >= 11 is 12.8. The molecule has 0 saturated carbocycles. The average Bonchev–Trinajstić information content (AvgIpc) is 3.40. The second kappa shape index (κ2) is 12.4. The number of fused-ring (bicyclic) bond motifs is 1. The van der Waals surface area contributed by atoms with E-state index in [9.17, 15) is 19.2 Å². The molecule has 0 spiro atoms. The summed E-state index contributed by atoms with van der Waals surface area (Å²) in [6.07, 6.45) is 0. The van der Waals surface area contributed by atoms with Crippen molar-refractivity contribution in [2.45, 2.75) is 40.5 Å². The minimum absolute atomic E-state index is 0.0525. The van der Waals surface area contributed by atoms with Crippen LogP contribution in [0, 0.1) is 5.41 Å². The molecule has 0 amide bonds. The number of methoxy groups -OCH3 is 1. The highest BCUT2D eigenvalue weighted by Gasteiger charge is 2.29. The van der Waals surface area contributed by atoms with Crippen LogP contribution in [0.4, 0.5) is 0 Å². The van der Waals surface area contributed by atoms with E-state index in [2.05, 4.69) is 0 Å². The van der Waals surface area contributed by atoms with E-state index in [4.69, 9.17) is 37.7 Å². The zero-order valence-corrected chi connectivity index (χ0v) is 26.7. The van der Waals surface area contributed by atoms with Crippen LogP contribution in [0.15, 0.2) is 82.4 Å². The molecule has 10 nitrogen and oxygen atoms in total. The monoisotopic (exact) mass is 648 g/mol. The van der Waals surface area contributed by atoms with E-state index < -0.39 is 41.4 Å². The van der Waals surface area contributed by atoms with Gasteiger partial charge in [0, 0.05) is 16.3 Å². The van der Waals surface area contributed by atoms with Gasteiger partial charge in [-0.25, -0.2) is 19.1 Å². The number of carbonyl (C=O) groups is 2. The number of hydrogen-bond donors (Lipinski definition) is 0. The molecule has 0 N–H and O–H groups in total. The number of nitrogens with zero attached hydrogens (tertiary/aromatic N) is 4. The zero-order valence-electron chi connectivity index (χ0n) is 25.2. The third-order valence-corrected chi connectivity index (χ3v) is 7.89. The van der Waals surface area contributed by atoms with Crippen LogP contribution in [-0.2, 0) is 21.0 Å². The van der Waals surface area contributed by atoms with E-state index in [0.29, 0.717) is 38.2 Å². The Bertz CT molecular complexity index is 2040. The van der Waals surface area contributed by atoms with Gasteiger partial charge in [0.1, 0.15) is 5.82 Å². The summed E-state index contributed by atoms with van der Waals surface area (Å²) in [5.74, 6) is -0.787. The van der Waals surface area contributed by atoms with E-state index in [1.165, 1.54) is 11.7 Å². The largest absolute Gasteiger partial charge is 0.465 e. The van der Waals surface area contributed by atoms with Crippen molar-refractivity contribution in [2.75, 3.05) is 7.11 Å². The fourth-order valence-corrected chi connectivity index (χ4v) is 5.18. The van der Waals surface area contributed by atoms with E-state index in [0.717, 1.165) is 4.57 Å². The Labute approximate surface area is 268 Å². The molecule has 45 heavy (non-hydrogen) atoms. The van der Waals surface area contributed by atoms with E-state index in [1.807, 2.05) is 0 Å². The van der Waals surface area contributed by atoms with Crippen LogP contribution in [-0.4, -0.2) is 37.7 Å². The lowest BCUT2D eigenvalue weighted by Gasteiger charge is -2.20. The molecule has 232 valence electrons. The first kappa shape index (κ1) is 31.7. The predicted molar refractivity (Wildman–Crippen MR) is 172 cm³/mol. The highest BCUT2D eigenvalue weighted by Crippen LogP contribution is 2.33. The highest BCUT2D eigenvalue weighted by molar-refractivity contribution is 6.33. The van der Waals surface area contributed by atoms with Crippen molar-refractivity contribution in [3.05, 3.63) is 115 Å². The molecule has 0 aliphatic rings. The topological polar surface area (TPSA) is 114 Å². The molecule has 5 aromatic rings. The summed E-state index contributed by atoms with van der Waals surface area (Å²) in [5, 5.41) is 0.859. The van der Waals surface area contributed by atoms with Gasteiger partial charge in [-0.1, -0.05) is 47.5 Å². The molecule has 2 aromatic heterocycles. The lowest BCUT2D eigenvalue weighted by atomic mass is 9.98. The maximum absolute atomic E-state index is 14.3. The van der Waals surface area contributed by atoms with Crippen LogP contribution in [0.5, 0.6) is 0 Å². The summed E-state index contributed by atoms with van der Waals surface area (Å²) in [6, 6.07) is 19.7. The summed E-state index contributed by atoms with van der Waals surface area (Å²) in [7, 11) is 1.29. The number of rotatable bonds is 7. The molecule has 0 aliphatic carbocycles. The number of hydrogen-bond acceptors (Lipinski definition) is 7. The van der Waals surface area contributed by atoms with Crippen molar-refractivity contribution in [2.24, 2.45) is 5.41 Å². The van der Waals surface area contributed by atoms with Crippen molar-refractivity contribution >= 4 is 46.3 Å². The number of esters is 2. The first-order valence-corrected chi connectivity index (χ1v) is 14.7. The molecular weight excluding hydrogens is 619 g/mol. The number of imidazole rings is 1. The Morgan fingerprint density at radius 3 is 2.18 bits per heavy atom. The summed E-state index contributed by atoms with van der Waals surface area (Å²) in [5.41, 5.74) is -0.177. The average molecular weight is 650 g/mol. The SMILES string of the molecule is COC(=O)c1ccc(C(C)n2c(=O)n(COC(=O)C(C)(C)C)c(=O)c3c2nc(-c2ccccc2Cl)n3-c2ccc(Cl)cc2)cc1. The number of benzene rings is 3. The van der Waals surface area contributed by atoms with Gasteiger partial charge in [-0.2, -0.15) is 0 Å². The van der Waals surface area contributed by atoms with Gasteiger partial charge in [-0.3, -0.25) is 18.7 Å². The molecule has 0 fully saturated rings. The van der Waals surface area contributed by atoms with Gasteiger partial charge in [0.25, 0.3) is 5.56 Å². The minimum Gasteiger partial charge on any atom is -0.465 e. The van der Waals surface area contributed by atoms with E-state index in [-0.39, 0.29) is 11.2 Å². The molecule has 0 radical (unpaired) electrons. The van der Waals surface area contributed by atoms with Crippen molar-refractivity contribution < 1.29 is 19.1 Å². The Morgan fingerprint density at radius 1 is 0.933 bits per heavy atom. The number of halogens is 2.